The van der Waals surface area contributed by atoms with E-state index in [1.165, 1.54) is 39.0 Å². The monoisotopic (exact) mass is 308 g/mol. The zero-order chi connectivity index (χ0) is 15.9. The van der Waals surface area contributed by atoms with Gasteiger partial charge in [-0.2, -0.15) is 0 Å². The molecule has 2 fully saturated rings. The van der Waals surface area contributed by atoms with E-state index < -0.39 is 0 Å². The van der Waals surface area contributed by atoms with Crippen LogP contribution in [0.2, 0.25) is 0 Å². The summed E-state index contributed by atoms with van der Waals surface area (Å²) < 4.78 is 0. The Morgan fingerprint density at radius 3 is 2.45 bits per heavy atom. The molecule has 1 saturated carbocycles. The number of likely N-dealkylation sites (tertiary alicyclic amines) is 1. The average Bonchev–Trinajstić information content (AvgIpc) is 2.91. The maximum Gasteiger partial charge on any atom is 0.245 e. The van der Waals surface area contributed by atoms with Gasteiger partial charge >= 0.3 is 0 Å². The summed E-state index contributed by atoms with van der Waals surface area (Å²) in [6.45, 7) is 5.49. The summed E-state index contributed by atoms with van der Waals surface area (Å²) in [6.07, 6.45) is 10.5. The first-order chi connectivity index (χ1) is 10.6. The number of hydrogen-bond donors (Lipinski definition) is 1. The highest BCUT2D eigenvalue weighted by atomic mass is 16.2. The van der Waals surface area contributed by atoms with Crippen molar-refractivity contribution in [2.24, 2.45) is 11.8 Å². The molecule has 4 heteroatoms. The zero-order valence-electron chi connectivity index (χ0n) is 14.3. The predicted molar refractivity (Wildman–Crippen MR) is 88.4 cm³/mol. The topological polar surface area (TPSA) is 49.4 Å². The van der Waals surface area contributed by atoms with Crippen molar-refractivity contribution in [1.29, 1.82) is 0 Å². The molecule has 2 amide bonds. The predicted octanol–water partition coefficient (Wildman–Crippen LogP) is 3.11. The Morgan fingerprint density at radius 1 is 1.09 bits per heavy atom. The fourth-order valence-corrected chi connectivity index (χ4v) is 4.17. The summed E-state index contributed by atoms with van der Waals surface area (Å²) in [5.74, 6) is 1.20. The normalized spacial score (nSPS) is 24.8. The Kier molecular flexibility index (Phi) is 6.71. The van der Waals surface area contributed by atoms with E-state index >= 15 is 0 Å². The van der Waals surface area contributed by atoms with Gasteiger partial charge in [-0.3, -0.25) is 9.59 Å². The van der Waals surface area contributed by atoms with Crippen molar-refractivity contribution in [1.82, 2.24) is 10.2 Å². The van der Waals surface area contributed by atoms with E-state index in [9.17, 15) is 9.59 Å². The lowest BCUT2D eigenvalue weighted by atomic mass is 9.95. The fraction of sp³-hybridized carbons (Fsp3) is 0.889. The molecule has 1 N–H and O–H groups in total. The van der Waals surface area contributed by atoms with Crippen molar-refractivity contribution in [3.63, 3.8) is 0 Å². The average molecular weight is 308 g/mol. The molecule has 1 aliphatic heterocycles. The molecule has 2 atom stereocenters. The van der Waals surface area contributed by atoms with Crippen LogP contribution in [0.5, 0.6) is 0 Å². The van der Waals surface area contributed by atoms with Gasteiger partial charge in [0.05, 0.1) is 0 Å². The van der Waals surface area contributed by atoms with Crippen LogP contribution in [0, 0.1) is 11.8 Å². The molecular formula is C18H32N2O2. The van der Waals surface area contributed by atoms with E-state index in [0.717, 1.165) is 44.7 Å². The molecule has 1 saturated heterocycles. The molecule has 2 aliphatic rings. The maximum absolute atomic E-state index is 12.9. The second-order valence-corrected chi connectivity index (χ2v) is 7.13. The summed E-state index contributed by atoms with van der Waals surface area (Å²) in [4.78, 5) is 26.5. The van der Waals surface area contributed by atoms with Crippen LogP contribution >= 0.6 is 0 Å². The number of nitrogens with zero attached hydrogens (tertiary/aromatic N) is 1. The van der Waals surface area contributed by atoms with E-state index in [2.05, 4.69) is 12.2 Å². The number of nitrogens with one attached hydrogen (secondary N) is 1. The van der Waals surface area contributed by atoms with Crippen molar-refractivity contribution >= 4 is 11.8 Å². The quantitative estimate of drug-likeness (QED) is 0.848. The van der Waals surface area contributed by atoms with Crippen molar-refractivity contribution in [2.45, 2.75) is 77.7 Å². The van der Waals surface area contributed by atoms with Gasteiger partial charge in [-0.1, -0.05) is 32.6 Å². The third kappa shape index (κ3) is 4.72. The van der Waals surface area contributed by atoms with Gasteiger partial charge in [0.1, 0.15) is 6.04 Å². The van der Waals surface area contributed by atoms with Gasteiger partial charge in [-0.15, -0.1) is 0 Å². The minimum absolute atomic E-state index is 0.0797. The number of hydrogen-bond acceptors (Lipinski definition) is 2. The molecule has 0 bridgehead atoms. The third-order valence-electron chi connectivity index (χ3n) is 5.35. The summed E-state index contributed by atoms with van der Waals surface area (Å²) >= 11 is 0. The molecule has 0 aromatic heterocycles. The van der Waals surface area contributed by atoms with Crippen LogP contribution in [-0.4, -0.2) is 35.8 Å². The Labute approximate surface area is 135 Å². The molecule has 126 valence electrons. The van der Waals surface area contributed by atoms with E-state index in [4.69, 9.17) is 0 Å². The highest BCUT2D eigenvalue weighted by molar-refractivity contribution is 5.87. The molecule has 1 aliphatic carbocycles. The molecule has 0 radical (unpaired) electrons. The van der Waals surface area contributed by atoms with Gasteiger partial charge in [0.15, 0.2) is 0 Å². The Morgan fingerprint density at radius 2 is 1.82 bits per heavy atom. The van der Waals surface area contributed by atoms with Crippen LogP contribution < -0.4 is 5.32 Å². The zero-order valence-corrected chi connectivity index (χ0v) is 14.3. The van der Waals surface area contributed by atoms with E-state index in [1.54, 1.807) is 0 Å². The van der Waals surface area contributed by atoms with Crippen LogP contribution in [-0.2, 0) is 9.59 Å². The Balaban J connectivity index is 1.97. The van der Waals surface area contributed by atoms with E-state index in [1.807, 2.05) is 4.90 Å². The first-order valence-corrected chi connectivity index (χ1v) is 9.17. The van der Waals surface area contributed by atoms with Crippen LogP contribution in [0.1, 0.15) is 71.6 Å². The first kappa shape index (κ1) is 17.3. The standard InChI is InChI=1S/C18H32N2O2/c1-3-7-15-8-6-12-20(13-11-15)18(22)17(19-14(2)21)16-9-4-5-10-16/h15-17H,3-13H2,1-2H3,(H,19,21)/t15-,17-/m0/s1. The van der Waals surface area contributed by atoms with Crippen LogP contribution in [0.3, 0.4) is 0 Å². The van der Waals surface area contributed by atoms with Gasteiger partial charge in [0, 0.05) is 20.0 Å². The smallest absolute Gasteiger partial charge is 0.245 e. The van der Waals surface area contributed by atoms with Gasteiger partial charge in [-0.25, -0.2) is 0 Å². The van der Waals surface area contributed by atoms with Gasteiger partial charge in [-0.05, 0) is 43.9 Å². The van der Waals surface area contributed by atoms with Gasteiger partial charge in [0.25, 0.3) is 0 Å². The van der Waals surface area contributed by atoms with Crippen molar-refractivity contribution in [2.75, 3.05) is 13.1 Å². The van der Waals surface area contributed by atoms with Crippen molar-refractivity contribution in [3.05, 3.63) is 0 Å². The molecule has 22 heavy (non-hydrogen) atoms. The minimum Gasteiger partial charge on any atom is -0.344 e. The van der Waals surface area contributed by atoms with Crippen LogP contribution in [0.15, 0.2) is 0 Å². The third-order valence-corrected chi connectivity index (χ3v) is 5.35. The number of carbonyl (C=O) groups excluding carboxylic acids is 2. The molecule has 0 unspecified atom stereocenters. The molecule has 1 heterocycles. The minimum atomic E-state index is -0.289. The van der Waals surface area contributed by atoms with Crippen LogP contribution in [0.4, 0.5) is 0 Å². The fourth-order valence-electron chi connectivity index (χ4n) is 4.17. The molecule has 0 aromatic carbocycles. The lowest BCUT2D eigenvalue weighted by molar-refractivity contribution is -0.137. The Hall–Kier alpha value is -1.06. The SMILES string of the molecule is CCC[C@H]1CCCN(C(=O)[C@@H](NC(C)=O)C2CCCC2)CC1. The number of amides is 2. The largest absolute Gasteiger partial charge is 0.344 e. The number of rotatable bonds is 5. The molecule has 0 aromatic rings. The van der Waals surface area contributed by atoms with Gasteiger partial charge < -0.3 is 10.2 Å². The van der Waals surface area contributed by atoms with Crippen molar-refractivity contribution < 1.29 is 9.59 Å². The highest BCUT2D eigenvalue weighted by Crippen LogP contribution is 2.29. The summed E-state index contributed by atoms with van der Waals surface area (Å²) in [5, 5.41) is 2.95. The molecule has 0 spiro atoms. The second-order valence-electron chi connectivity index (χ2n) is 7.13. The number of carbonyl (C=O) groups is 2. The lowest BCUT2D eigenvalue weighted by Gasteiger charge is -2.30. The van der Waals surface area contributed by atoms with Gasteiger partial charge in [0.2, 0.25) is 11.8 Å². The second kappa shape index (κ2) is 8.54. The highest BCUT2D eigenvalue weighted by Gasteiger charge is 2.34. The van der Waals surface area contributed by atoms with E-state index in [0.29, 0.717) is 5.92 Å². The first-order valence-electron chi connectivity index (χ1n) is 9.17. The summed E-state index contributed by atoms with van der Waals surface area (Å²) in [6, 6.07) is -0.289. The molecule has 4 nitrogen and oxygen atoms in total. The summed E-state index contributed by atoms with van der Waals surface area (Å²) in [5.41, 5.74) is 0. The molecular weight excluding hydrogens is 276 g/mol. The van der Waals surface area contributed by atoms with Crippen LogP contribution in [0.25, 0.3) is 0 Å². The van der Waals surface area contributed by atoms with E-state index in [-0.39, 0.29) is 17.9 Å². The maximum atomic E-state index is 12.9. The Bertz CT molecular complexity index is 377. The summed E-state index contributed by atoms with van der Waals surface area (Å²) in [7, 11) is 0. The molecule has 2 rings (SSSR count). The van der Waals surface area contributed by atoms with Crippen molar-refractivity contribution in [3.8, 4) is 0 Å². The lowest BCUT2D eigenvalue weighted by Crippen LogP contribution is -2.51.